The second-order valence-corrected chi connectivity index (χ2v) is 7.51. The Bertz CT molecular complexity index is 1230. The Kier molecular flexibility index (Phi) is 6.53. The van der Waals surface area contributed by atoms with Gasteiger partial charge in [0.1, 0.15) is 5.76 Å². The van der Waals surface area contributed by atoms with Crippen LogP contribution in [-0.4, -0.2) is 37.2 Å². The van der Waals surface area contributed by atoms with Gasteiger partial charge in [0.15, 0.2) is 0 Å². The third kappa shape index (κ3) is 5.48. The average molecular weight is 445 g/mol. The van der Waals surface area contributed by atoms with Crippen molar-refractivity contribution in [2.75, 3.05) is 0 Å². The zero-order chi connectivity index (χ0) is 23.2. The van der Waals surface area contributed by atoms with Gasteiger partial charge in [-0.2, -0.15) is 4.80 Å². The minimum absolute atomic E-state index is 0.206. The highest BCUT2D eigenvalue weighted by atomic mass is 16.5. The molecule has 0 aliphatic carbocycles. The molecule has 2 aromatic heterocycles. The number of nitrogens with zero attached hydrogens (tertiary/aromatic N) is 5. The predicted molar refractivity (Wildman–Crippen MR) is 119 cm³/mol. The van der Waals surface area contributed by atoms with Gasteiger partial charge in [0.2, 0.25) is 11.7 Å². The maximum Gasteiger partial charge on any atom is 0.269 e. The van der Waals surface area contributed by atoms with Crippen LogP contribution in [0, 0.1) is 13.8 Å². The summed E-state index contributed by atoms with van der Waals surface area (Å²) in [4.78, 5) is 25.9. The first-order valence-corrected chi connectivity index (χ1v) is 10.4. The van der Waals surface area contributed by atoms with E-state index >= 15 is 0 Å². The number of rotatable bonds is 7. The van der Waals surface area contributed by atoms with Crippen molar-refractivity contribution >= 4 is 11.8 Å². The third-order valence-corrected chi connectivity index (χ3v) is 5.12. The smallest absolute Gasteiger partial charge is 0.269 e. The fraction of sp³-hybridized carbons (Fsp3) is 0.217. The Labute approximate surface area is 189 Å². The van der Waals surface area contributed by atoms with E-state index in [0.29, 0.717) is 30.1 Å². The van der Waals surface area contributed by atoms with E-state index in [1.807, 2.05) is 37.3 Å². The van der Waals surface area contributed by atoms with Crippen molar-refractivity contribution in [2.45, 2.75) is 33.2 Å². The number of nitrogens with one attached hydrogen (secondary N) is 2. The zero-order valence-corrected chi connectivity index (χ0v) is 18.3. The molecule has 10 heteroatoms. The van der Waals surface area contributed by atoms with E-state index in [-0.39, 0.29) is 12.3 Å². The highest BCUT2D eigenvalue weighted by Crippen LogP contribution is 2.14. The Morgan fingerprint density at radius 2 is 1.76 bits per heavy atom. The van der Waals surface area contributed by atoms with Gasteiger partial charge in [-0.15, -0.1) is 10.2 Å². The van der Waals surface area contributed by atoms with Crippen molar-refractivity contribution in [3.8, 4) is 11.4 Å². The number of carbonyl (C=O) groups excluding carboxylic acids is 2. The van der Waals surface area contributed by atoms with Crippen molar-refractivity contribution in [3.05, 3.63) is 82.7 Å². The van der Waals surface area contributed by atoms with E-state index < -0.39 is 5.91 Å². The van der Waals surface area contributed by atoms with Crippen molar-refractivity contribution in [2.24, 2.45) is 0 Å². The molecular weight excluding hydrogens is 422 g/mol. The molecule has 0 saturated carbocycles. The van der Waals surface area contributed by atoms with E-state index in [9.17, 15) is 9.59 Å². The van der Waals surface area contributed by atoms with Crippen LogP contribution in [0.15, 0.2) is 59.1 Å². The summed E-state index contributed by atoms with van der Waals surface area (Å²) in [6, 6.07) is 16.6. The molecule has 4 rings (SSSR count). The number of hydrogen-bond acceptors (Lipinski definition) is 7. The molecule has 2 heterocycles. The molecular formula is C23H23N7O3. The quantitative estimate of drug-likeness (QED) is 0.418. The monoisotopic (exact) mass is 445 g/mol. The first-order valence-electron chi connectivity index (χ1n) is 10.4. The molecule has 0 fully saturated rings. The minimum atomic E-state index is -0.405. The molecule has 0 radical (unpaired) electrons. The summed E-state index contributed by atoms with van der Waals surface area (Å²) < 4.78 is 5.09. The number of carbonyl (C=O) groups is 2. The van der Waals surface area contributed by atoms with Gasteiger partial charge in [-0.25, -0.2) is 0 Å². The van der Waals surface area contributed by atoms with Crippen LogP contribution >= 0.6 is 0 Å². The summed E-state index contributed by atoms with van der Waals surface area (Å²) in [5.74, 6) is 0.544. The van der Waals surface area contributed by atoms with Crippen molar-refractivity contribution in [1.29, 1.82) is 0 Å². The summed E-state index contributed by atoms with van der Waals surface area (Å²) >= 11 is 0. The standard InChI is InChI=1S/C23H23N7O3/c1-15-20(16(2)33-28-15)12-13-21(31)24-26-23(32)19-10-8-17(9-11-19)14-30-27-22(25-29-30)18-6-4-3-5-7-18/h3-11H,12-14H2,1-2H3,(H,24,31)(H,26,32). The molecule has 0 atom stereocenters. The summed E-state index contributed by atoms with van der Waals surface area (Å²) in [5, 5.41) is 16.4. The lowest BCUT2D eigenvalue weighted by Gasteiger charge is -2.08. The number of amides is 2. The normalized spacial score (nSPS) is 10.7. The van der Waals surface area contributed by atoms with E-state index in [1.54, 1.807) is 31.2 Å². The fourth-order valence-electron chi connectivity index (χ4n) is 3.30. The molecule has 4 aromatic rings. The highest BCUT2D eigenvalue weighted by molar-refractivity contribution is 5.95. The Morgan fingerprint density at radius 1 is 1.00 bits per heavy atom. The number of aryl methyl sites for hydroxylation is 2. The van der Waals surface area contributed by atoms with E-state index in [1.165, 1.54) is 4.80 Å². The summed E-state index contributed by atoms with van der Waals surface area (Å²) in [6.45, 7) is 4.05. The lowest BCUT2D eigenvalue weighted by atomic mass is 10.1. The Hall–Kier alpha value is -4.34. The van der Waals surface area contributed by atoms with Gasteiger partial charge in [0, 0.05) is 23.1 Å². The Morgan fingerprint density at radius 3 is 2.45 bits per heavy atom. The topological polar surface area (TPSA) is 128 Å². The van der Waals surface area contributed by atoms with Gasteiger partial charge in [-0.05, 0) is 43.2 Å². The highest BCUT2D eigenvalue weighted by Gasteiger charge is 2.12. The maximum atomic E-state index is 12.3. The molecule has 33 heavy (non-hydrogen) atoms. The van der Waals surface area contributed by atoms with Crippen molar-refractivity contribution in [1.82, 2.24) is 36.2 Å². The van der Waals surface area contributed by atoms with Crippen LogP contribution in [-0.2, 0) is 17.8 Å². The zero-order valence-electron chi connectivity index (χ0n) is 18.3. The molecule has 2 aromatic carbocycles. The molecule has 0 saturated heterocycles. The number of aromatic nitrogens is 5. The lowest BCUT2D eigenvalue weighted by molar-refractivity contribution is -0.121. The van der Waals surface area contributed by atoms with Gasteiger partial charge < -0.3 is 4.52 Å². The van der Waals surface area contributed by atoms with Crippen molar-refractivity contribution < 1.29 is 14.1 Å². The van der Waals surface area contributed by atoms with Crippen LogP contribution in [0.1, 0.15) is 39.4 Å². The molecule has 10 nitrogen and oxygen atoms in total. The number of hydrogen-bond donors (Lipinski definition) is 2. The maximum absolute atomic E-state index is 12.3. The van der Waals surface area contributed by atoms with Gasteiger partial charge in [0.05, 0.1) is 12.2 Å². The van der Waals surface area contributed by atoms with Gasteiger partial charge >= 0.3 is 0 Å². The van der Waals surface area contributed by atoms with E-state index in [0.717, 1.165) is 22.4 Å². The summed E-state index contributed by atoms with van der Waals surface area (Å²) in [7, 11) is 0. The second-order valence-electron chi connectivity index (χ2n) is 7.51. The molecule has 0 spiro atoms. The number of hydrazine groups is 1. The van der Waals surface area contributed by atoms with Gasteiger partial charge in [-0.1, -0.05) is 47.6 Å². The molecule has 0 aliphatic heterocycles. The first-order chi connectivity index (χ1) is 16.0. The SMILES string of the molecule is Cc1noc(C)c1CCC(=O)NNC(=O)c1ccc(Cn2nnc(-c3ccccc3)n2)cc1. The predicted octanol–water partition coefficient (Wildman–Crippen LogP) is 2.39. The van der Waals surface area contributed by atoms with Crippen LogP contribution in [0.5, 0.6) is 0 Å². The van der Waals surface area contributed by atoms with Crippen LogP contribution in [0.3, 0.4) is 0 Å². The lowest BCUT2D eigenvalue weighted by Crippen LogP contribution is -2.41. The number of benzene rings is 2. The molecule has 0 unspecified atom stereocenters. The van der Waals surface area contributed by atoms with Gasteiger partial charge in [0.25, 0.3) is 5.91 Å². The van der Waals surface area contributed by atoms with Gasteiger partial charge in [-0.3, -0.25) is 20.4 Å². The average Bonchev–Trinajstić information content (AvgIpc) is 3.43. The summed E-state index contributed by atoms with van der Waals surface area (Å²) in [6.07, 6.45) is 0.692. The van der Waals surface area contributed by atoms with E-state index in [4.69, 9.17) is 4.52 Å². The second kappa shape index (κ2) is 9.86. The minimum Gasteiger partial charge on any atom is -0.361 e. The van der Waals surface area contributed by atoms with Crippen molar-refractivity contribution in [3.63, 3.8) is 0 Å². The fourth-order valence-corrected chi connectivity index (χ4v) is 3.30. The molecule has 0 aliphatic rings. The van der Waals surface area contributed by atoms with Crippen LogP contribution in [0.2, 0.25) is 0 Å². The largest absolute Gasteiger partial charge is 0.361 e. The van der Waals surface area contributed by atoms with Crippen LogP contribution < -0.4 is 10.9 Å². The first kappa shape index (κ1) is 21.9. The molecule has 2 amide bonds. The Balaban J connectivity index is 1.27. The van der Waals surface area contributed by atoms with Crippen LogP contribution in [0.25, 0.3) is 11.4 Å². The molecule has 2 N–H and O–H groups in total. The van der Waals surface area contributed by atoms with Crippen LogP contribution in [0.4, 0.5) is 0 Å². The van der Waals surface area contributed by atoms with E-state index in [2.05, 4.69) is 31.4 Å². The molecule has 168 valence electrons. The number of tetrazole rings is 1. The summed E-state index contributed by atoms with van der Waals surface area (Å²) in [5.41, 5.74) is 8.76. The third-order valence-electron chi connectivity index (χ3n) is 5.12. The molecule has 0 bridgehead atoms.